The van der Waals surface area contributed by atoms with Crippen molar-refractivity contribution in [2.24, 2.45) is 0 Å². The number of nitrogens with one attached hydrogen (secondary N) is 1. The molecular formula is C25H31N3O2. The lowest BCUT2D eigenvalue weighted by molar-refractivity contribution is -0.129. The Labute approximate surface area is 179 Å². The Morgan fingerprint density at radius 1 is 1.00 bits per heavy atom. The van der Waals surface area contributed by atoms with Gasteiger partial charge in [-0.1, -0.05) is 55.0 Å². The van der Waals surface area contributed by atoms with E-state index in [4.69, 9.17) is 4.74 Å². The zero-order valence-electron chi connectivity index (χ0n) is 17.9. The number of H-pyrrole nitrogens is 1. The lowest BCUT2D eigenvalue weighted by atomic mass is 10.1. The first-order chi connectivity index (χ1) is 14.7. The quantitative estimate of drug-likeness (QED) is 0.462. The summed E-state index contributed by atoms with van der Waals surface area (Å²) in [6, 6.07) is 20.2. The number of carbonyl (C=O) groups is 1. The number of amides is 1. The van der Waals surface area contributed by atoms with Crippen LogP contribution < -0.4 is 4.74 Å². The van der Waals surface area contributed by atoms with Crippen LogP contribution in [-0.2, 0) is 17.6 Å². The van der Waals surface area contributed by atoms with Crippen LogP contribution in [0.4, 0.5) is 0 Å². The summed E-state index contributed by atoms with van der Waals surface area (Å²) in [6.07, 6.45) is 5.37. The highest BCUT2D eigenvalue weighted by molar-refractivity contribution is 5.76. The van der Waals surface area contributed by atoms with Gasteiger partial charge in [-0.3, -0.25) is 9.89 Å². The summed E-state index contributed by atoms with van der Waals surface area (Å²) in [6.45, 7) is 0.795. The van der Waals surface area contributed by atoms with E-state index in [1.165, 1.54) is 0 Å². The van der Waals surface area contributed by atoms with E-state index in [1.54, 1.807) is 7.11 Å². The number of ether oxygens (including phenoxy) is 1. The monoisotopic (exact) mass is 405 g/mol. The van der Waals surface area contributed by atoms with Gasteiger partial charge in [0.2, 0.25) is 5.91 Å². The van der Waals surface area contributed by atoms with E-state index in [0.29, 0.717) is 12.8 Å². The minimum Gasteiger partial charge on any atom is -0.496 e. The van der Waals surface area contributed by atoms with Crippen molar-refractivity contribution in [1.29, 1.82) is 0 Å². The fraction of sp³-hybridized carbons (Fsp3) is 0.360. The van der Waals surface area contributed by atoms with Crippen LogP contribution in [0.15, 0.2) is 60.7 Å². The van der Waals surface area contributed by atoms with Gasteiger partial charge in [-0.2, -0.15) is 5.10 Å². The fourth-order valence-corrected chi connectivity index (χ4v) is 3.55. The summed E-state index contributed by atoms with van der Waals surface area (Å²) >= 11 is 0. The third-order valence-electron chi connectivity index (χ3n) is 5.37. The number of benzene rings is 2. The van der Waals surface area contributed by atoms with Crippen molar-refractivity contribution in [1.82, 2.24) is 15.1 Å². The molecular weight excluding hydrogens is 374 g/mol. The van der Waals surface area contributed by atoms with Crippen LogP contribution in [0.25, 0.3) is 11.3 Å². The smallest absolute Gasteiger partial charge is 0.222 e. The van der Waals surface area contributed by atoms with Crippen LogP contribution in [0.2, 0.25) is 0 Å². The van der Waals surface area contributed by atoms with Crippen LogP contribution in [0.3, 0.4) is 0 Å². The molecule has 0 atom stereocenters. The van der Waals surface area contributed by atoms with Gasteiger partial charge in [-0.05, 0) is 43.4 Å². The van der Waals surface area contributed by atoms with Crippen molar-refractivity contribution in [3.8, 4) is 17.0 Å². The van der Waals surface area contributed by atoms with E-state index in [-0.39, 0.29) is 5.91 Å². The van der Waals surface area contributed by atoms with Crippen LogP contribution in [0, 0.1) is 0 Å². The van der Waals surface area contributed by atoms with Gasteiger partial charge in [0, 0.05) is 31.3 Å². The molecule has 0 aliphatic rings. The summed E-state index contributed by atoms with van der Waals surface area (Å²) in [4.78, 5) is 14.3. The minimum atomic E-state index is 0.182. The van der Waals surface area contributed by atoms with Gasteiger partial charge in [0.1, 0.15) is 5.75 Å². The summed E-state index contributed by atoms with van der Waals surface area (Å²) in [5, 5.41) is 7.55. The maximum Gasteiger partial charge on any atom is 0.222 e. The lowest BCUT2D eigenvalue weighted by Gasteiger charge is -2.17. The molecule has 0 saturated heterocycles. The molecule has 0 unspecified atom stereocenters. The van der Waals surface area contributed by atoms with E-state index >= 15 is 0 Å². The van der Waals surface area contributed by atoms with E-state index in [2.05, 4.69) is 28.4 Å². The van der Waals surface area contributed by atoms with E-state index < -0.39 is 0 Å². The number of hydrogen-bond acceptors (Lipinski definition) is 3. The van der Waals surface area contributed by atoms with Gasteiger partial charge in [-0.25, -0.2) is 0 Å². The maximum absolute atomic E-state index is 12.4. The molecule has 0 radical (unpaired) electrons. The molecule has 3 rings (SSSR count). The molecule has 158 valence electrons. The molecule has 0 bridgehead atoms. The summed E-state index contributed by atoms with van der Waals surface area (Å²) < 4.78 is 5.36. The fourth-order valence-electron chi connectivity index (χ4n) is 3.55. The SMILES string of the molecule is COc1ccccc1CCC(=O)N(C)CCCCCc1cc(-c2ccccc2)n[nH]1. The van der Waals surface area contributed by atoms with Gasteiger partial charge in [0.05, 0.1) is 12.8 Å². The second-order valence-corrected chi connectivity index (χ2v) is 7.58. The zero-order valence-corrected chi connectivity index (χ0v) is 17.9. The number of aryl methyl sites for hydroxylation is 2. The number of hydrogen-bond donors (Lipinski definition) is 1. The number of aromatic amines is 1. The normalized spacial score (nSPS) is 10.7. The van der Waals surface area contributed by atoms with Crippen molar-refractivity contribution in [3.05, 3.63) is 71.9 Å². The zero-order chi connectivity index (χ0) is 21.2. The van der Waals surface area contributed by atoms with Gasteiger partial charge in [0.25, 0.3) is 0 Å². The van der Waals surface area contributed by atoms with E-state index in [1.807, 2.05) is 54.4 Å². The summed E-state index contributed by atoms with van der Waals surface area (Å²) in [7, 11) is 3.56. The van der Waals surface area contributed by atoms with E-state index in [0.717, 1.165) is 60.5 Å². The molecule has 0 fully saturated rings. The number of rotatable bonds is 11. The molecule has 0 saturated carbocycles. The molecule has 30 heavy (non-hydrogen) atoms. The molecule has 0 spiro atoms. The maximum atomic E-state index is 12.4. The Morgan fingerprint density at radius 3 is 2.57 bits per heavy atom. The van der Waals surface area contributed by atoms with Crippen LogP contribution >= 0.6 is 0 Å². The molecule has 0 aliphatic carbocycles. The minimum absolute atomic E-state index is 0.182. The number of aromatic nitrogens is 2. The Morgan fingerprint density at radius 2 is 1.77 bits per heavy atom. The molecule has 1 aromatic heterocycles. The molecule has 0 aliphatic heterocycles. The van der Waals surface area contributed by atoms with Crippen molar-refractivity contribution >= 4 is 5.91 Å². The predicted octanol–water partition coefficient (Wildman–Crippen LogP) is 4.89. The second-order valence-electron chi connectivity index (χ2n) is 7.58. The van der Waals surface area contributed by atoms with Crippen molar-refractivity contribution in [2.45, 2.75) is 38.5 Å². The predicted molar refractivity (Wildman–Crippen MR) is 121 cm³/mol. The van der Waals surface area contributed by atoms with Gasteiger partial charge >= 0.3 is 0 Å². The highest BCUT2D eigenvalue weighted by atomic mass is 16.5. The lowest BCUT2D eigenvalue weighted by Crippen LogP contribution is -2.27. The first-order valence-corrected chi connectivity index (χ1v) is 10.6. The first kappa shape index (κ1) is 21.6. The van der Waals surface area contributed by atoms with Crippen LogP contribution in [0.5, 0.6) is 5.75 Å². The average Bonchev–Trinajstić information content (AvgIpc) is 3.26. The van der Waals surface area contributed by atoms with Crippen LogP contribution in [0.1, 0.15) is 36.9 Å². The van der Waals surface area contributed by atoms with Crippen molar-refractivity contribution in [3.63, 3.8) is 0 Å². The second kappa shape index (κ2) is 11.2. The van der Waals surface area contributed by atoms with Gasteiger partial charge in [0.15, 0.2) is 0 Å². The molecule has 1 N–H and O–H groups in total. The molecule has 5 nitrogen and oxygen atoms in total. The highest BCUT2D eigenvalue weighted by Gasteiger charge is 2.10. The third kappa shape index (κ3) is 6.21. The Bertz CT molecular complexity index is 921. The largest absolute Gasteiger partial charge is 0.496 e. The Kier molecular flexibility index (Phi) is 8.07. The summed E-state index contributed by atoms with van der Waals surface area (Å²) in [5.74, 6) is 1.03. The Hall–Kier alpha value is -3.08. The number of unbranched alkanes of at least 4 members (excludes halogenated alkanes) is 2. The standard InChI is InChI=1S/C25H31N3O2/c1-28(25(29)17-16-21-13-8-9-15-24(21)30-2)18-10-4-7-14-22-19-23(27-26-22)20-11-5-3-6-12-20/h3,5-6,8-9,11-13,15,19H,4,7,10,14,16-18H2,1-2H3,(H,26,27). The average molecular weight is 406 g/mol. The first-order valence-electron chi connectivity index (χ1n) is 10.6. The van der Waals surface area contributed by atoms with Crippen molar-refractivity contribution < 1.29 is 9.53 Å². The van der Waals surface area contributed by atoms with Gasteiger partial charge < -0.3 is 9.64 Å². The summed E-state index contributed by atoms with van der Waals surface area (Å²) in [5.41, 5.74) is 4.37. The molecule has 2 aromatic carbocycles. The topological polar surface area (TPSA) is 58.2 Å². The van der Waals surface area contributed by atoms with Crippen molar-refractivity contribution in [2.75, 3.05) is 20.7 Å². The number of nitrogens with zero attached hydrogens (tertiary/aromatic N) is 2. The number of carbonyl (C=O) groups excluding carboxylic acids is 1. The molecule has 3 aromatic rings. The molecule has 1 amide bonds. The Balaban J connectivity index is 1.33. The molecule has 1 heterocycles. The highest BCUT2D eigenvalue weighted by Crippen LogP contribution is 2.20. The number of para-hydroxylation sites is 1. The molecule has 5 heteroatoms. The van der Waals surface area contributed by atoms with Gasteiger partial charge in [-0.15, -0.1) is 0 Å². The van der Waals surface area contributed by atoms with E-state index in [9.17, 15) is 4.79 Å². The number of methoxy groups -OCH3 is 1. The third-order valence-corrected chi connectivity index (χ3v) is 5.37. The van der Waals surface area contributed by atoms with Crippen LogP contribution in [-0.4, -0.2) is 41.7 Å².